The van der Waals surface area contributed by atoms with E-state index in [1.807, 2.05) is 18.2 Å². The lowest BCUT2D eigenvalue weighted by molar-refractivity contribution is 0.108. The van der Waals surface area contributed by atoms with E-state index in [1.54, 1.807) is 30.3 Å². The Morgan fingerprint density at radius 1 is 1.05 bits per heavy atom. The first-order valence-electron chi connectivity index (χ1n) is 5.95. The Hall–Kier alpha value is -1.22. The van der Waals surface area contributed by atoms with Gasteiger partial charge in [0, 0.05) is 16.5 Å². The van der Waals surface area contributed by atoms with E-state index in [2.05, 4.69) is 0 Å². The fourth-order valence-corrected chi connectivity index (χ4v) is 2.12. The Morgan fingerprint density at radius 3 is 2.58 bits per heavy atom. The zero-order valence-corrected chi connectivity index (χ0v) is 11.7. The van der Waals surface area contributed by atoms with Gasteiger partial charge in [0.05, 0.1) is 6.10 Å². The zero-order chi connectivity index (χ0) is 13.7. The minimum atomic E-state index is -0.612. The fourth-order valence-electron chi connectivity index (χ4n) is 1.73. The molecule has 100 valence electrons. The van der Waals surface area contributed by atoms with Crippen LogP contribution < -0.4 is 4.74 Å². The van der Waals surface area contributed by atoms with E-state index in [9.17, 15) is 5.11 Å². The Kier molecular flexibility index (Phi) is 5.08. The molecule has 0 bridgehead atoms. The first-order chi connectivity index (χ1) is 9.15. The average molecular weight is 297 g/mol. The molecule has 1 N–H and O–H groups in total. The number of ether oxygens (including phenoxy) is 1. The number of aliphatic hydroxyl groups excluding tert-OH is 1. The van der Waals surface area contributed by atoms with Crippen LogP contribution in [0.3, 0.4) is 0 Å². The summed E-state index contributed by atoms with van der Waals surface area (Å²) in [5.74, 6) is 0.644. The number of hydrogen-bond donors (Lipinski definition) is 1. The summed E-state index contributed by atoms with van der Waals surface area (Å²) in [5, 5.41) is 11.2. The highest BCUT2D eigenvalue weighted by Crippen LogP contribution is 2.19. The van der Waals surface area contributed by atoms with Crippen molar-refractivity contribution in [2.75, 3.05) is 6.61 Å². The molecule has 2 rings (SSSR count). The maximum Gasteiger partial charge on any atom is 0.120 e. The Morgan fingerprint density at radius 2 is 1.84 bits per heavy atom. The lowest BCUT2D eigenvalue weighted by Crippen LogP contribution is -2.20. The number of benzene rings is 2. The summed E-state index contributed by atoms with van der Waals surface area (Å²) in [6.45, 7) is 0.200. The van der Waals surface area contributed by atoms with E-state index in [4.69, 9.17) is 27.9 Å². The van der Waals surface area contributed by atoms with Crippen LogP contribution >= 0.6 is 23.2 Å². The number of aliphatic hydroxyl groups is 1. The predicted molar refractivity (Wildman–Crippen MR) is 78.1 cm³/mol. The van der Waals surface area contributed by atoms with E-state index in [1.165, 1.54) is 0 Å². The second kappa shape index (κ2) is 6.80. The van der Waals surface area contributed by atoms with Crippen molar-refractivity contribution in [3.63, 3.8) is 0 Å². The molecule has 0 aliphatic rings. The lowest BCUT2D eigenvalue weighted by Gasteiger charge is -2.13. The molecule has 0 saturated heterocycles. The van der Waals surface area contributed by atoms with Gasteiger partial charge in [0.2, 0.25) is 0 Å². The van der Waals surface area contributed by atoms with Crippen molar-refractivity contribution in [3.8, 4) is 5.75 Å². The van der Waals surface area contributed by atoms with Crippen LogP contribution in [0.25, 0.3) is 0 Å². The summed E-state index contributed by atoms with van der Waals surface area (Å²) < 4.78 is 5.48. The molecule has 0 spiro atoms. The van der Waals surface area contributed by atoms with Gasteiger partial charge in [0.1, 0.15) is 12.4 Å². The van der Waals surface area contributed by atoms with Gasteiger partial charge in [-0.2, -0.15) is 0 Å². The Bertz CT molecular complexity index is 543. The minimum Gasteiger partial charge on any atom is -0.491 e. The maximum absolute atomic E-state index is 9.94. The van der Waals surface area contributed by atoms with Crippen molar-refractivity contribution in [3.05, 3.63) is 64.1 Å². The van der Waals surface area contributed by atoms with Gasteiger partial charge in [-0.25, -0.2) is 0 Å². The van der Waals surface area contributed by atoms with Crippen molar-refractivity contribution in [1.82, 2.24) is 0 Å². The van der Waals surface area contributed by atoms with Crippen molar-refractivity contribution in [1.29, 1.82) is 0 Å². The normalized spacial score (nSPS) is 12.2. The largest absolute Gasteiger partial charge is 0.491 e. The molecule has 2 aromatic rings. The third kappa shape index (κ3) is 4.43. The second-order valence-corrected chi connectivity index (χ2v) is 5.06. The molecular formula is C15H14Cl2O2. The molecule has 0 aliphatic heterocycles. The van der Waals surface area contributed by atoms with Crippen LogP contribution in [-0.4, -0.2) is 17.8 Å². The van der Waals surface area contributed by atoms with E-state index in [-0.39, 0.29) is 6.61 Å². The van der Waals surface area contributed by atoms with Crippen LogP contribution in [0, 0.1) is 0 Å². The SMILES string of the molecule is OC(COc1cccc(Cl)c1)Cc1ccccc1Cl. The van der Waals surface area contributed by atoms with Gasteiger partial charge in [-0.3, -0.25) is 0 Å². The highest BCUT2D eigenvalue weighted by atomic mass is 35.5. The van der Waals surface area contributed by atoms with Gasteiger partial charge in [0.15, 0.2) is 0 Å². The van der Waals surface area contributed by atoms with Crippen molar-refractivity contribution >= 4 is 23.2 Å². The molecule has 1 unspecified atom stereocenters. The molecule has 0 aromatic heterocycles. The van der Waals surface area contributed by atoms with Crippen LogP contribution in [-0.2, 0) is 6.42 Å². The number of rotatable bonds is 5. The van der Waals surface area contributed by atoms with E-state index in [0.29, 0.717) is 22.2 Å². The van der Waals surface area contributed by atoms with E-state index >= 15 is 0 Å². The molecule has 4 heteroatoms. The third-order valence-electron chi connectivity index (χ3n) is 2.65. The first-order valence-corrected chi connectivity index (χ1v) is 6.70. The van der Waals surface area contributed by atoms with Gasteiger partial charge in [0.25, 0.3) is 0 Å². The summed E-state index contributed by atoms with van der Waals surface area (Å²) in [4.78, 5) is 0. The van der Waals surface area contributed by atoms with Crippen molar-refractivity contribution in [2.45, 2.75) is 12.5 Å². The van der Waals surface area contributed by atoms with Gasteiger partial charge in [-0.15, -0.1) is 0 Å². The monoisotopic (exact) mass is 296 g/mol. The molecule has 0 radical (unpaired) electrons. The molecule has 0 aliphatic carbocycles. The third-order valence-corrected chi connectivity index (χ3v) is 3.26. The Labute approximate surface area is 122 Å². The van der Waals surface area contributed by atoms with Gasteiger partial charge in [-0.05, 0) is 29.8 Å². The number of hydrogen-bond acceptors (Lipinski definition) is 2. The molecule has 0 saturated carbocycles. The second-order valence-electron chi connectivity index (χ2n) is 4.22. The molecule has 2 aromatic carbocycles. The fraction of sp³-hybridized carbons (Fsp3) is 0.200. The highest BCUT2D eigenvalue weighted by molar-refractivity contribution is 6.31. The van der Waals surface area contributed by atoms with Crippen molar-refractivity contribution < 1.29 is 9.84 Å². The van der Waals surface area contributed by atoms with Crippen molar-refractivity contribution in [2.24, 2.45) is 0 Å². The standard InChI is InChI=1S/C15H14Cl2O2/c16-12-5-3-6-14(9-12)19-10-13(18)8-11-4-1-2-7-15(11)17/h1-7,9,13,18H,8,10H2. The molecular weight excluding hydrogens is 283 g/mol. The van der Waals surface area contributed by atoms with E-state index in [0.717, 1.165) is 5.56 Å². The first kappa shape index (κ1) is 14.2. The Balaban J connectivity index is 1.88. The quantitative estimate of drug-likeness (QED) is 0.904. The predicted octanol–water partition coefficient (Wildman–Crippen LogP) is 3.98. The van der Waals surface area contributed by atoms with Gasteiger partial charge >= 0.3 is 0 Å². The molecule has 1 atom stereocenters. The van der Waals surface area contributed by atoms with E-state index < -0.39 is 6.10 Å². The van der Waals surface area contributed by atoms with Gasteiger partial charge < -0.3 is 9.84 Å². The molecule has 0 heterocycles. The number of halogens is 2. The topological polar surface area (TPSA) is 29.5 Å². The molecule has 19 heavy (non-hydrogen) atoms. The van der Waals surface area contributed by atoms with Gasteiger partial charge in [-0.1, -0.05) is 47.5 Å². The molecule has 0 fully saturated rings. The van der Waals surface area contributed by atoms with Crippen LogP contribution in [0.15, 0.2) is 48.5 Å². The van der Waals surface area contributed by atoms with Crippen LogP contribution in [0.1, 0.15) is 5.56 Å². The smallest absolute Gasteiger partial charge is 0.120 e. The van der Waals surface area contributed by atoms with Crippen LogP contribution in [0.5, 0.6) is 5.75 Å². The molecule has 0 amide bonds. The maximum atomic E-state index is 9.94. The molecule has 2 nitrogen and oxygen atoms in total. The summed E-state index contributed by atoms with van der Waals surface area (Å²) in [5.41, 5.74) is 0.909. The van der Waals surface area contributed by atoms with Crippen LogP contribution in [0.4, 0.5) is 0 Å². The minimum absolute atomic E-state index is 0.200. The highest BCUT2D eigenvalue weighted by Gasteiger charge is 2.09. The zero-order valence-electron chi connectivity index (χ0n) is 10.2. The van der Waals surface area contributed by atoms with Crippen LogP contribution in [0.2, 0.25) is 10.0 Å². The summed E-state index contributed by atoms with van der Waals surface area (Å²) in [6.07, 6.45) is -0.154. The average Bonchev–Trinajstić information content (AvgIpc) is 2.39. The summed E-state index contributed by atoms with van der Waals surface area (Å²) >= 11 is 11.9. The lowest BCUT2D eigenvalue weighted by atomic mass is 10.1. The summed E-state index contributed by atoms with van der Waals surface area (Å²) in [6, 6.07) is 14.5. The summed E-state index contributed by atoms with van der Waals surface area (Å²) in [7, 11) is 0.